The zero-order valence-electron chi connectivity index (χ0n) is 7.27. The number of benzene rings is 1. The highest BCUT2D eigenvalue weighted by atomic mass is 16.2. The lowest BCUT2D eigenvalue weighted by molar-refractivity contribution is -0.133. The molecule has 70 valence electrons. The summed E-state index contributed by atoms with van der Waals surface area (Å²) in [6.07, 6.45) is -0.312. The van der Waals surface area contributed by atoms with Gasteiger partial charge in [-0.2, -0.15) is 0 Å². The van der Waals surface area contributed by atoms with Gasteiger partial charge < -0.3 is 0 Å². The zero-order chi connectivity index (χ0) is 10.1. The Bertz CT molecular complexity index is 411. The molecule has 0 N–H and O–H groups in total. The Labute approximate surface area is 80.1 Å². The predicted molar refractivity (Wildman–Crippen MR) is 48.6 cm³/mol. The fourth-order valence-electron chi connectivity index (χ4n) is 1.37. The third-order valence-electron chi connectivity index (χ3n) is 2.02. The summed E-state index contributed by atoms with van der Waals surface area (Å²) in [5, 5.41) is 0. The second-order valence-electron chi connectivity index (χ2n) is 2.97. The van der Waals surface area contributed by atoms with E-state index in [1.54, 1.807) is 30.3 Å². The van der Waals surface area contributed by atoms with Crippen LogP contribution in [0.2, 0.25) is 0 Å². The molecule has 0 atom stereocenters. The lowest BCUT2D eigenvalue weighted by Gasteiger charge is -2.11. The highest BCUT2D eigenvalue weighted by Crippen LogP contribution is 2.19. The Hall–Kier alpha value is -1.97. The van der Waals surface area contributed by atoms with Gasteiger partial charge in [0.25, 0.3) is 0 Å². The second-order valence-corrected chi connectivity index (χ2v) is 2.97. The van der Waals surface area contributed by atoms with Crippen LogP contribution in [0, 0.1) is 0 Å². The first kappa shape index (κ1) is 8.62. The molecule has 0 radical (unpaired) electrons. The molecular weight excluding hydrogens is 182 g/mol. The van der Waals surface area contributed by atoms with Crippen molar-refractivity contribution < 1.29 is 14.4 Å². The van der Waals surface area contributed by atoms with E-state index >= 15 is 0 Å². The third-order valence-corrected chi connectivity index (χ3v) is 2.02. The Morgan fingerprint density at radius 2 is 1.64 bits per heavy atom. The molecule has 4 heteroatoms. The summed E-state index contributed by atoms with van der Waals surface area (Å²) in [6, 6.07) is 8.43. The Balaban J connectivity index is 2.41. The number of nitrogens with zero attached hydrogens (tertiary/aromatic N) is 1. The molecule has 1 aromatic carbocycles. The van der Waals surface area contributed by atoms with Gasteiger partial charge in [-0.1, -0.05) is 18.2 Å². The standard InChI is InChI=1S/C10H7NO3/c12-8-6-9(13)11(10(8)14)7-4-2-1-3-5-7/h1-5H,6H2. The number of imide groups is 1. The van der Waals surface area contributed by atoms with Crippen molar-refractivity contribution in [1.29, 1.82) is 0 Å². The number of Topliss-reactive ketones (excluding diaryl/α,β-unsaturated/α-hetero) is 1. The van der Waals surface area contributed by atoms with Gasteiger partial charge in [-0.15, -0.1) is 0 Å². The monoisotopic (exact) mass is 189 g/mol. The molecule has 0 aliphatic carbocycles. The first-order valence-corrected chi connectivity index (χ1v) is 4.15. The fourth-order valence-corrected chi connectivity index (χ4v) is 1.37. The molecule has 2 amide bonds. The highest BCUT2D eigenvalue weighted by Gasteiger charge is 2.37. The Morgan fingerprint density at radius 3 is 2.14 bits per heavy atom. The summed E-state index contributed by atoms with van der Waals surface area (Å²) in [5.74, 6) is -1.83. The number of amides is 2. The summed E-state index contributed by atoms with van der Waals surface area (Å²) < 4.78 is 0. The van der Waals surface area contributed by atoms with Crippen molar-refractivity contribution in [2.45, 2.75) is 6.42 Å². The van der Waals surface area contributed by atoms with Crippen LogP contribution in [0.5, 0.6) is 0 Å². The number of anilines is 1. The van der Waals surface area contributed by atoms with Crippen LogP contribution in [-0.2, 0) is 14.4 Å². The van der Waals surface area contributed by atoms with Gasteiger partial charge in [0.15, 0.2) is 0 Å². The van der Waals surface area contributed by atoms with Crippen molar-refractivity contribution >= 4 is 23.3 Å². The lowest BCUT2D eigenvalue weighted by Crippen LogP contribution is -2.30. The van der Waals surface area contributed by atoms with Crippen LogP contribution in [0.4, 0.5) is 5.69 Å². The van der Waals surface area contributed by atoms with Crippen molar-refractivity contribution in [2.75, 3.05) is 4.90 Å². The van der Waals surface area contributed by atoms with Crippen molar-refractivity contribution in [2.24, 2.45) is 0 Å². The van der Waals surface area contributed by atoms with Crippen molar-refractivity contribution in [3.05, 3.63) is 30.3 Å². The Morgan fingerprint density at radius 1 is 1.00 bits per heavy atom. The van der Waals surface area contributed by atoms with Gasteiger partial charge in [0.1, 0.15) is 0 Å². The van der Waals surface area contributed by atoms with E-state index in [1.165, 1.54) is 0 Å². The largest absolute Gasteiger partial charge is 0.301 e. The van der Waals surface area contributed by atoms with Crippen molar-refractivity contribution in [3.8, 4) is 0 Å². The Kier molecular flexibility index (Phi) is 1.89. The van der Waals surface area contributed by atoms with Gasteiger partial charge in [0.2, 0.25) is 11.7 Å². The quantitative estimate of drug-likeness (QED) is 0.367. The molecule has 4 nitrogen and oxygen atoms in total. The van der Waals surface area contributed by atoms with Crippen molar-refractivity contribution in [1.82, 2.24) is 0 Å². The van der Waals surface area contributed by atoms with E-state index in [4.69, 9.17) is 0 Å². The summed E-state index contributed by atoms with van der Waals surface area (Å²) in [5.41, 5.74) is 0.452. The molecule has 1 aliphatic rings. The van der Waals surface area contributed by atoms with E-state index in [9.17, 15) is 14.4 Å². The molecule has 1 aromatic rings. The van der Waals surface area contributed by atoms with Gasteiger partial charge in [0.05, 0.1) is 12.1 Å². The maximum Gasteiger partial charge on any atom is 0.301 e. The molecule has 0 unspecified atom stereocenters. The molecule has 0 aromatic heterocycles. The van der Waals surface area contributed by atoms with Crippen molar-refractivity contribution in [3.63, 3.8) is 0 Å². The molecule has 1 heterocycles. The van der Waals surface area contributed by atoms with E-state index in [-0.39, 0.29) is 6.42 Å². The summed E-state index contributed by atoms with van der Waals surface area (Å²) in [6.45, 7) is 0. The zero-order valence-corrected chi connectivity index (χ0v) is 7.27. The molecular formula is C10H7NO3. The maximum atomic E-state index is 11.3. The average molecular weight is 189 g/mol. The number of hydrogen-bond donors (Lipinski definition) is 0. The highest BCUT2D eigenvalue weighted by molar-refractivity contribution is 6.54. The number of carbonyl (C=O) groups is 3. The molecule has 2 rings (SSSR count). The predicted octanol–water partition coefficient (Wildman–Crippen LogP) is 0.519. The van der Waals surface area contributed by atoms with Crippen LogP contribution in [0.1, 0.15) is 6.42 Å². The third kappa shape index (κ3) is 1.21. The topological polar surface area (TPSA) is 54.5 Å². The molecule has 0 saturated carbocycles. The molecule has 1 fully saturated rings. The van der Waals surface area contributed by atoms with Crippen LogP contribution in [-0.4, -0.2) is 17.6 Å². The number of hydrogen-bond acceptors (Lipinski definition) is 3. The molecule has 1 aliphatic heterocycles. The summed E-state index contributed by atoms with van der Waals surface area (Å²) in [7, 11) is 0. The molecule has 14 heavy (non-hydrogen) atoms. The number of rotatable bonds is 1. The summed E-state index contributed by atoms with van der Waals surface area (Å²) >= 11 is 0. The minimum absolute atomic E-state index is 0.312. The smallest absolute Gasteiger partial charge is 0.288 e. The molecule has 0 bridgehead atoms. The minimum Gasteiger partial charge on any atom is -0.288 e. The number of ketones is 1. The van der Waals surface area contributed by atoms with Gasteiger partial charge in [-0.05, 0) is 12.1 Å². The van der Waals surface area contributed by atoms with E-state index in [1.807, 2.05) is 0 Å². The van der Waals surface area contributed by atoms with E-state index in [0.29, 0.717) is 5.69 Å². The first-order chi connectivity index (χ1) is 6.70. The lowest BCUT2D eigenvalue weighted by atomic mass is 10.3. The second kappa shape index (κ2) is 3.06. The molecule has 1 saturated heterocycles. The van der Waals surface area contributed by atoms with Crippen LogP contribution in [0.15, 0.2) is 30.3 Å². The van der Waals surface area contributed by atoms with E-state index in [0.717, 1.165) is 4.90 Å². The number of carbonyl (C=O) groups excluding carboxylic acids is 3. The van der Waals surface area contributed by atoms with Crippen LogP contribution >= 0.6 is 0 Å². The first-order valence-electron chi connectivity index (χ1n) is 4.15. The minimum atomic E-state index is -0.735. The van der Waals surface area contributed by atoms with E-state index in [2.05, 4.69) is 0 Å². The average Bonchev–Trinajstić information content (AvgIpc) is 2.43. The van der Waals surface area contributed by atoms with Gasteiger partial charge >= 0.3 is 5.91 Å². The maximum absolute atomic E-state index is 11.3. The number of para-hydroxylation sites is 1. The SMILES string of the molecule is O=C1CC(=O)N(c2ccccc2)C1=O. The fraction of sp³-hybridized carbons (Fsp3) is 0.100. The van der Waals surface area contributed by atoms with E-state index < -0.39 is 17.6 Å². The van der Waals surface area contributed by atoms with Gasteiger partial charge in [-0.25, -0.2) is 4.90 Å². The van der Waals surface area contributed by atoms with Crippen LogP contribution in [0.3, 0.4) is 0 Å². The van der Waals surface area contributed by atoms with Gasteiger partial charge in [-0.3, -0.25) is 14.4 Å². The van der Waals surface area contributed by atoms with Crippen LogP contribution in [0.25, 0.3) is 0 Å². The van der Waals surface area contributed by atoms with Gasteiger partial charge in [0, 0.05) is 0 Å². The van der Waals surface area contributed by atoms with Crippen LogP contribution < -0.4 is 4.90 Å². The molecule has 0 spiro atoms. The summed E-state index contributed by atoms with van der Waals surface area (Å²) in [4.78, 5) is 34.4. The normalized spacial score (nSPS) is 16.6.